The Hall–Kier alpha value is -2.67. The Kier molecular flexibility index (Phi) is 4.61. The minimum Gasteiger partial charge on any atom is -0.507 e. The van der Waals surface area contributed by atoms with Gasteiger partial charge in [0.05, 0.1) is 22.8 Å². The lowest BCUT2D eigenvalue weighted by Crippen LogP contribution is -2.18. The van der Waals surface area contributed by atoms with E-state index in [0.717, 1.165) is 17.6 Å². The Morgan fingerprint density at radius 3 is 2.96 bits per heavy atom. The van der Waals surface area contributed by atoms with Gasteiger partial charge in [-0.1, -0.05) is 28.1 Å². The molecule has 0 aliphatic carbocycles. The van der Waals surface area contributed by atoms with Crippen molar-refractivity contribution < 1.29 is 9.90 Å². The molecule has 6 nitrogen and oxygen atoms in total. The van der Waals surface area contributed by atoms with Gasteiger partial charge in [0.25, 0.3) is 5.91 Å². The molecular formula is C17H15BrN4O2. The van der Waals surface area contributed by atoms with Crippen LogP contribution in [-0.4, -0.2) is 26.8 Å². The maximum Gasteiger partial charge on any atom is 0.275 e. The van der Waals surface area contributed by atoms with Crippen molar-refractivity contribution in [3.63, 3.8) is 0 Å². The van der Waals surface area contributed by atoms with Gasteiger partial charge in [0.1, 0.15) is 5.75 Å². The van der Waals surface area contributed by atoms with E-state index in [2.05, 4.69) is 31.4 Å². The predicted molar refractivity (Wildman–Crippen MR) is 96.3 cm³/mol. The van der Waals surface area contributed by atoms with E-state index in [1.807, 2.05) is 35.8 Å². The Balaban J connectivity index is 1.81. The quantitative estimate of drug-likeness (QED) is 0.533. The smallest absolute Gasteiger partial charge is 0.275 e. The van der Waals surface area contributed by atoms with Crippen LogP contribution in [0.15, 0.2) is 52.0 Å². The van der Waals surface area contributed by atoms with Crippen molar-refractivity contribution in [2.75, 3.05) is 0 Å². The van der Waals surface area contributed by atoms with Crippen LogP contribution in [0.25, 0.3) is 11.0 Å². The van der Waals surface area contributed by atoms with Crippen molar-refractivity contribution in [2.45, 2.75) is 13.5 Å². The second kappa shape index (κ2) is 6.84. The van der Waals surface area contributed by atoms with Crippen molar-refractivity contribution in [1.82, 2.24) is 15.0 Å². The number of rotatable bonds is 4. The fourth-order valence-corrected chi connectivity index (χ4v) is 2.79. The van der Waals surface area contributed by atoms with Gasteiger partial charge in [-0.15, -0.1) is 0 Å². The molecule has 0 saturated heterocycles. The Morgan fingerprint density at radius 2 is 2.17 bits per heavy atom. The number of nitrogens with zero attached hydrogens (tertiary/aromatic N) is 3. The number of imidazole rings is 1. The van der Waals surface area contributed by atoms with Gasteiger partial charge >= 0.3 is 0 Å². The molecule has 0 unspecified atom stereocenters. The van der Waals surface area contributed by atoms with Gasteiger partial charge in [0, 0.05) is 11.0 Å². The van der Waals surface area contributed by atoms with E-state index in [4.69, 9.17) is 0 Å². The average Bonchev–Trinajstić information content (AvgIpc) is 2.94. The number of halogens is 1. The molecule has 0 radical (unpaired) electrons. The molecule has 3 rings (SSSR count). The highest BCUT2D eigenvalue weighted by Crippen LogP contribution is 2.21. The van der Waals surface area contributed by atoms with Gasteiger partial charge in [-0.25, -0.2) is 10.4 Å². The summed E-state index contributed by atoms with van der Waals surface area (Å²) in [5.41, 5.74) is 4.43. The highest BCUT2D eigenvalue weighted by Gasteiger charge is 2.11. The van der Waals surface area contributed by atoms with Crippen molar-refractivity contribution in [1.29, 1.82) is 0 Å². The van der Waals surface area contributed by atoms with Gasteiger partial charge in [0.2, 0.25) is 0 Å². The van der Waals surface area contributed by atoms with Crippen molar-refractivity contribution in [2.24, 2.45) is 5.10 Å². The highest BCUT2D eigenvalue weighted by atomic mass is 79.9. The zero-order valence-corrected chi connectivity index (χ0v) is 14.5. The highest BCUT2D eigenvalue weighted by molar-refractivity contribution is 9.10. The number of amides is 1. The van der Waals surface area contributed by atoms with Crippen LogP contribution >= 0.6 is 15.9 Å². The summed E-state index contributed by atoms with van der Waals surface area (Å²) >= 11 is 3.27. The molecule has 24 heavy (non-hydrogen) atoms. The Labute approximate surface area is 147 Å². The second-order valence-electron chi connectivity index (χ2n) is 5.06. The van der Waals surface area contributed by atoms with E-state index in [9.17, 15) is 9.90 Å². The van der Waals surface area contributed by atoms with Crippen LogP contribution in [0, 0.1) is 0 Å². The van der Waals surface area contributed by atoms with E-state index in [1.54, 1.807) is 6.07 Å². The summed E-state index contributed by atoms with van der Waals surface area (Å²) in [7, 11) is 0. The van der Waals surface area contributed by atoms with E-state index >= 15 is 0 Å². The molecule has 1 heterocycles. The lowest BCUT2D eigenvalue weighted by Gasteiger charge is -2.04. The molecule has 1 aromatic heterocycles. The molecule has 2 N–H and O–H groups in total. The largest absolute Gasteiger partial charge is 0.507 e. The first-order valence-corrected chi connectivity index (χ1v) is 8.16. The van der Waals surface area contributed by atoms with E-state index < -0.39 is 5.91 Å². The number of nitrogens with one attached hydrogen (secondary N) is 1. The third-order valence-electron chi connectivity index (χ3n) is 3.55. The number of hydrazone groups is 1. The summed E-state index contributed by atoms with van der Waals surface area (Å²) in [5.74, 6) is 0.0494. The summed E-state index contributed by atoms with van der Waals surface area (Å²) in [6, 6.07) is 12.4. The van der Waals surface area contributed by atoms with Crippen molar-refractivity contribution in [3.05, 3.63) is 58.3 Å². The fraction of sp³-hybridized carbons (Fsp3) is 0.118. The molecule has 0 bridgehead atoms. The average molecular weight is 387 g/mol. The molecule has 3 aromatic rings. The van der Waals surface area contributed by atoms with Crippen LogP contribution in [0.2, 0.25) is 0 Å². The lowest BCUT2D eigenvalue weighted by molar-refractivity contribution is 0.0952. The molecule has 0 spiro atoms. The number of hydrogen-bond acceptors (Lipinski definition) is 4. The summed E-state index contributed by atoms with van der Waals surface area (Å²) in [6.45, 7) is 2.76. The van der Waals surface area contributed by atoms with Crippen molar-refractivity contribution >= 4 is 39.1 Å². The second-order valence-corrected chi connectivity index (χ2v) is 5.98. The minimum absolute atomic E-state index is 0.105. The van der Waals surface area contributed by atoms with Crippen LogP contribution in [-0.2, 0) is 6.54 Å². The number of hydrogen-bond donors (Lipinski definition) is 2. The number of fused-ring (bicyclic) bond motifs is 1. The number of aromatic hydroxyl groups is 1. The zero-order valence-electron chi connectivity index (χ0n) is 12.9. The molecule has 2 aromatic carbocycles. The molecule has 1 amide bonds. The maximum absolute atomic E-state index is 12.1. The van der Waals surface area contributed by atoms with Crippen molar-refractivity contribution in [3.8, 4) is 5.75 Å². The number of aryl methyl sites for hydroxylation is 1. The summed E-state index contributed by atoms with van der Waals surface area (Å²) in [5, 5.41) is 13.7. The van der Waals surface area contributed by atoms with Crippen LogP contribution in [0.3, 0.4) is 0 Å². The standard InChI is InChI=1S/C17H15BrN4O2/c1-2-22-14-6-4-3-5-13(14)20-16(22)10-19-21-17(24)12-9-11(18)7-8-15(12)23/h3-10,23H,2H2,1H3,(H,21,24)/b19-10+. The van der Waals surface area contributed by atoms with Gasteiger partial charge < -0.3 is 9.67 Å². The molecular weight excluding hydrogens is 372 g/mol. The fourth-order valence-electron chi connectivity index (χ4n) is 2.42. The topological polar surface area (TPSA) is 79.5 Å². The number of phenols is 1. The SMILES string of the molecule is CCn1c(/C=N/NC(=O)c2cc(Br)ccc2O)nc2ccccc21. The van der Waals surface area contributed by atoms with Gasteiger partial charge in [0.15, 0.2) is 5.82 Å². The van der Waals surface area contributed by atoms with Gasteiger partial charge in [-0.3, -0.25) is 4.79 Å². The summed E-state index contributed by atoms with van der Waals surface area (Å²) < 4.78 is 2.70. The van der Waals surface area contributed by atoms with Gasteiger partial charge in [-0.05, 0) is 37.3 Å². The molecule has 7 heteroatoms. The van der Waals surface area contributed by atoms with E-state index in [1.165, 1.54) is 18.3 Å². The first-order chi connectivity index (χ1) is 11.6. The number of carbonyl (C=O) groups excluding carboxylic acids is 1. The monoisotopic (exact) mass is 386 g/mol. The Bertz CT molecular complexity index is 933. The van der Waals surface area contributed by atoms with Crippen LogP contribution < -0.4 is 5.43 Å². The van der Waals surface area contributed by atoms with Gasteiger partial charge in [-0.2, -0.15) is 5.10 Å². The van der Waals surface area contributed by atoms with Crippen LogP contribution in [0.5, 0.6) is 5.75 Å². The molecule has 0 fully saturated rings. The molecule has 0 saturated carbocycles. The molecule has 0 aliphatic heterocycles. The normalized spacial score (nSPS) is 11.2. The van der Waals surface area contributed by atoms with Crippen LogP contribution in [0.1, 0.15) is 23.1 Å². The first kappa shape index (κ1) is 16.2. The van der Waals surface area contributed by atoms with E-state index in [-0.39, 0.29) is 11.3 Å². The number of aromatic nitrogens is 2. The summed E-state index contributed by atoms with van der Waals surface area (Å²) in [4.78, 5) is 16.6. The van der Waals surface area contributed by atoms with Crippen LogP contribution in [0.4, 0.5) is 0 Å². The zero-order chi connectivity index (χ0) is 17.1. The maximum atomic E-state index is 12.1. The molecule has 0 aliphatic rings. The third kappa shape index (κ3) is 3.16. The summed E-state index contributed by atoms with van der Waals surface area (Å²) in [6.07, 6.45) is 1.50. The van der Waals surface area contributed by atoms with E-state index in [0.29, 0.717) is 10.3 Å². The molecule has 122 valence electrons. The third-order valence-corrected chi connectivity index (χ3v) is 4.04. The number of benzene rings is 2. The number of para-hydroxylation sites is 2. The molecule has 0 atom stereocenters. The number of phenolic OH excluding ortho intramolecular Hbond substituents is 1. The Morgan fingerprint density at radius 1 is 1.38 bits per heavy atom. The predicted octanol–water partition coefficient (Wildman–Crippen LogP) is 3.29. The lowest BCUT2D eigenvalue weighted by atomic mass is 10.2. The number of carbonyl (C=O) groups is 1. The minimum atomic E-state index is -0.496. The first-order valence-electron chi connectivity index (χ1n) is 7.37.